The van der Waals surface area contributed by atoms with E-state index in [4.69, 9.17) is 4.74 Å². The third-order valence-corrected chi connectivity index (χ3v) is 3.32. The summed E-state index contributed by atoms with van der Waals surface area (Å²) in [4.78, 5) is 11.5. The van der Waals surface area contributed by atoms with Gasteiger partial charge in [0, 0.05) is 0 Å². The zero-order valence-corrected chi connectivity index (χ0v) is 12.5. The van der Waals surface area contributed by atoms with Crippen molar-refractivity contribution in [1.29, 1.82) is 0 Å². The Bertz CT molecular complexity index is 451. The Morgan fingerprint density at radius 3 is 2.47 bits per heavy atom. The predicted octanol–water partition coefficient (Wildman–Crippen LogP) is 3.96. The Balaban J connectivity index is 2.91. The molecule has 0 heterocycles. The van der Waals surface area contributed by atoms with Gasteiger partial charge in [-0.25, -0.2) is 4.79 Å². The summed E-state index contributed by atoms with van der Waals surface area (Å²) in [7, 11) is 0. The second-order valence-electron chi connectivity index (χ2n) is 5.84. The lowest BCUT2D eigenvalue weighted by atomic mass is 9.95. The molecule has 1 rings (SSSR count). The van der Waals surface area contributed by atoms with E-state index in [-0.39, 0.29) is 0 Å². The summed E-state index contributed by atoms with van der Waals surface area (Å²) in [5.74, 6) is 0.203. The molecule has 0 aromatic heterocycles. The number of carboxylic acids is 1. The van der Waals surface area contributed by atoms with Crippen molar-refractivity contribution in [3.8, 4) is 5.75 Å². The van der Waals surface area contributed by atoms with E-state index >= 15 is 0 Å². The highest BCUT2D eigenvalue weighted by molar-refractivity contribution is 5.77. The van der Waals surface area contributed by atoms with Crippen molar-refractivity contribution < 1.29 is 14.6 Å². The van der Waals surface area contributed by atoms with Crippen molar-refractivity contribution >= 4 is 5.97 Å². The number of rotatable bonds is 6. The van der Waals surface area contributed by atoms with Crippen LogP contribution in [0, 0.1) is 19.8 Å². The summed E-state index contributed by atoms with van der Waals surface area (Å²) >= 11 is 0. The van der Waals surface area contributed by atoms with Crippen molar-refractivity contribution in [2.75, 3.05) is 0 Å². The summed E-state index contributed by atoms with van der Waals surface area (Å²) in [6, 6.07) is 5.79. The van der Waals surface area contributed by atoms with E-state index in [2.05, 4.69) is 13.8 Å². The minimum Gasteiger partial charge on any atom is -0.478 e. The number of benzene rings is 1. The Morgan fingerprint density at radius 1 is 1.37 bits per heavy atom. The molecule has 0 saturated carbocycles. The van der Waals surface area contributed by atoms with Gasteiger partial charge >= 0.3 is 5.97 Å². The van der Waals surface area contributed by atoms with Gasteiger partial charge in [0.05, 0.1) is 0 Å². The minimum absolute atomic E-state index is 0.460. The monoisotopic (exact) mass is 264 g/mol. The SMILES string of the molecule is Cc1ccc(OC(C)(CCC(C)C)C(=O)O)c(C)c1. The fourth-order valence-corrected chi connectivity index (χ4v) is 1.92. The fourth-order valence-electron chi connectivity index (χ4n) is 1.92. The molecule has 0 spiro atoms. The van der Waals surface area contributed by atoms with Crippen molar-refractivity contribution in [2.45, 2.75) is 53.1 Å². The van der Waals surface area contributed by atoms with Crippen LogP contribution < -0.4 is 4.74 Å². The zero-order chi connectivity index (χ0) is 14.6. The number of carbonyl (C=O) groups is 1. The highest BCUT2D eigenvalue weighted by Gasteiger charge is 2.35. The topological polar surface area (TPSA) is 46.5 Å². The number of aryl methyl sites for hydroxylation is 2. The number of hydrogen-bond donors (Lipinski definition) is 1. The van der Waals surface area contributed by atoms with E-state index in [1.165, 1.54) is 0 Å². The third-order valence-electron chi connectivity index (χ3n) is 3.32. The average Bonchev–Trinajstić information content (AvgIpc) is 2.30. The number of aliphatic carboxylic acids is 1. The Hall–Kier alpha value is -1.51. The molecular formula is C16H24O3. The van der Waals surface area contributed by atoms with Crippen LogP contribution in [0.2, 0.25) is 0 Å². The lowest BCUT2D eigenvalue weighted by Crippen LogP contribution is -2.41. The van der Waals surface area contributed by atoms with Crippen LogP contribution in [0.3, 0.4) is 0 Å². The highest BCUT2D eigenvalue weighted by atomic mass is 16.5. The molecule has 1 aromatic rings. The van der Waals surface area contributed by atoms with E-state index in [0.717, 1.165) is 17.5 Å². The maximum absolute atomic E-state index is 11.5. The second kappa shape index (κ2) is 6.09. The molecule has 1 aromatic carbocycles. The third kappa shape index (κ3) is 4.27. The molecule has 3 nitrogen and oxygen atoms in total. The minimum atomic E-state index is -1.16. The zero-order valence-electron chi connectivity index (χ0n) is 12.5. The molecule has 1 N–H and O–H groups in total. The van der Waals surface area contributed by atoms with Gasteiger partial charge in [0.15, 0.2) is 0 Å². The maximum atomic E-state index is 11.5. The first kappa shape index (κ1) is 15.5. The lowest BCUT2D eigenvalue weighted by molar-refractivity contribution is -0.154. The molecule has 1 atom stereocenters. The first-order valence-electron chi connectivity index (χ1n) is 6.74. The normalized spacial score (nSPS) is 14.2. The maximum Gasteiger partial charge on any atom is 0.347 e. The number of hydrogen-bond acceptors (Lipinski definition) is 2. The molecule has 0 aliphatic heterocycles. The second-order valence-corrected chi connectivity index (χ2v) is 5.84. The molecule has 0 aliphatic rings. The van der Waals surface area contributed by atoms with Crippen molar-refractivity contribution in [3.05, 3.63) is 29.3 Å². The molecule has 0 aliphatic carbocycles. The smallest absolute Gasteiger partial charge is 0.347 e. The predicted molar refractivity (Wildman–Crippen MR) is 76.7 cm³/mol. The molecule has 0 amide bonds. The van der Waals surface area contributed by atoms with E-state index in [0.29, 0.717) is 18.1 Å². The summed E-state index contributed by atoms with van der Waals surface area (Å²) < 4.78 is 5.80. The Labute approximate surface area is 115 Å². The van der Waals surface area contributed by atoms with Crippen LogP contribution in [0.4, 0.5) is 0 Å². The van der Waals surface area contributed by atoms with Gasteiger partial charge in [0.2, 0.25) is 5.60 Å². The molecular weight excluding hydrogens is 240 g/mol. The first-order valence-corrected chi connectivity index (χ1v) is 6.74. The van der Waals surface area contributed by atoms with Crippen LogP contribution in [-0.4, -0.2) is 16.7 Å². The summed E-state index contributed by atoms with van der Waals surface area (Å²) in [6.45, 7) is 9.76. The Kier molecular flexibility index (Phi) is 4.98. The molecule has 19 heavy (non-hydrogen) atoms. The fraction of sp³-hybridized carbons (Fsp3) is 0.562. The van der Waals surface area contributed by atoms with Crippen LogP contribution in [0.25, 0.3) is 0 Å². The Morgan fingerprint density at radius 2 is 2.00 bits per heavy atom. The van der Waals surface area contributed by atoms with Crippen LogP contribution in [0.5, 0.6) is 5.75 Å². The van der Waals surface area contributed by atoms with E-state index in [9.17, 15) is 9.90 Å². The highest BCUT2D eigenvalue weighted by Crippen LogP contribution is 2.28. The van der Waals surface area contributed by atoms with Crippen LogP contribution in [-0.2, 0) is 4.79 Å². The molecule has 1 unspecified atom stereocenters. The standard InChI is InChI=1S/C16H24O3/c1-11(2)8-9-16(5,15(17)18)19-14-7-6-12(3)10-13(14)4/h6-7,10-11H,8-9H2,1-5H3,(H,17,18). The molecule has 0 bridgehead atoms. The molecule has 106 valence electrons. The van der Waals surface area contributed by atoms with Crippen molar-refractivity contribution in [2.24, 2.45) is 5.92 Å². The van der Waals surface area contributed by atoms with Gasteiger partial charge < -0.3 is 9.84 Å². The number of ether oxygens (including phenoxy) is 1. The van der Waals surface area contributed by atoms with E-state index in [1.807, 2.05) is 32.0 Å². The van der Waals surface area contributed by atoms with Crippen LogP contribution in [0.15, 0.2) is 18.2 Å². The van der Waals surface area contributed by atoms with Gasteiger partial charge in [0.1, 0.15) is 5.75 Å². The van der Waals surface area contributed by atoms with Crippen molar-refractivity contribution in [1.82, 2.24) is 0 Å². The molecule has 0 saturated heterocycles. The average molecular weight is 264 g/mol. The van der Waals surface area contributed by atoms with Gasteiger partial charge in [0.25, 0.3) is 0 Å². The van der Waals surface area contributed by atoms with Gasteiger partial charge in [-0.1, -0.05) is 31.5 Å². The van der Waals surface area contributed by atoms with Gasteiger partial charge in [-0.2, -0.15) is 0 Å². The summed E-state index contributed by atoms with van der Waals surface area (Å²) in [6.07, 6.45) is 1.33. The molecule has 0 radical (unpaired) electrons. The summed E-state index contributed by atoms with van der Waals surface area (Å²) in [5.41, 5.74) is 0.950. The first-order chi connectivity index (χ1) is 8.74. The van der Waals surface area contributed by atoms with Gasteiger partial charge in [-0.3, -0.25) is 0 Å². The van der Waals surface area contributed by atoms with Crippen molar-refractivity contribution in [3.63, 3.8) is 0 Å². The van der Waals surface area contributed by atoms with E-state index < -0.39 is 11.6 Å². The quantitative estimate of drug-likeness (QED) is 0.846. The largest absolute Gasteiger partial charge is 0.478 e. The lowest BCUT2D eigenvalue weighted by Gasteiger charge is -2.28. The van der Waals surface area contributed by atoms with Gasteiger partial charge in [-0.15, -0.1) is 0 Å². The molecule has 0 fully saturated rings. The van der Waals surface area contributed by atoms with Crippen LogP contribution >= 0.6 is 0 Å². The van der Waals surface area contributed by atoms with Gasteiger partial charge in [-0.05, 0) is 51.2 Å². The number of carboxylic acid groups (broad SMARTS) is 1. The van der Waals surface area contributed by atoms with E-state index in [1.54, 1.807) is 6.92 Å². The van der Waals surface area contributed by atoms with Crippen LogP contribution in [0.1, 0.15) is 44.7 Å². The summed E-state index contributed by atoms with van der Waals surface area (Å²) in [5, 5.41) is 9.43. The molecule has 3 heteroatoms.